The number of nitrogens with zero attached hydrogens (tertiary/aromatic N) is 3. The number of imidazole rings is 1. The number of likely N-dealkylation sites (tertiary alicyclic amines) is 1. The normalized spacial score (nSPS) is 19.3. The van der Waals surface area contributed by atoms with Crippen molar-refractivity contribution in [2.75, 3.05) is 18.4 Å². The Morgan fingerprint density at radius 3 is 3.00 bits per heavy atom. The molecular formula is C17H24N4. The Balaban J connectivity index is 1.61. The standard InChI is InChI=1S/C17H24N4/c1-14(2)21-8-6-17(12-21)19-16-5-3-4-15(10-16)11-20-9-7-18-13-20/h3-5,7,9-10,13-14,17,19H,6,8,11-12H2,1-2H3. The highest BCUT2D eigenvalue weighted by molar-refractivity contribution is 5.46. The quantitative estimate of drug-likeness (QED) is 0.916. The first-order valence-electron chi connectivity index (χ1n) is 7.76. The fourth-order valence-electron chi connectivity index (χ4n) is 2.96. The van der Waals surface area contributed by atoms with Crippen molar-refractivity contribution in [2.24, 2.45) is 0 Å². The molecule has 1 saturated heterocycles. The van der Waals surface area contributed by atoms with Crippen molar-refractivity contribution >= 4 is 5.69 Å². The molecule has 3 rings (SSSR count). The number of hydrogen-bond donors (Lipinski definition) is 1. The van der Waals surface area contributed by atoms with Gasteiger partial charge in [-0.15, -0.1) is 0 Å². The molecule has 1 atom stereocenters. The molecule has 1 aliphatic heterocycles. The van der Waals surface area contributed by atoms with Crippen LogP contribution in [0.25, 0.3) is 0 Å². The molecule has 21 heavy (non-hydrogen) atoms. The van der Waals surface area contributed by atoms with Crippen molar-refractivity contribution < 1.29 is 0 Å². The maximum atomic E-state index is 4.09. The second-order valence-electron chi connectivity index (χ2n) is 6.15. The van der Waals surface area contributed by atoms with Crippen LogP contribution in [0.2, 0.25) is 0 Å². The molecule has 1 N–H and O–H groups in total. The van der Waals surface area contributed by atoms with Gasteiger partial charge in [0.25, 0.3) is 0 Å². The van der Waals surface area contributed by atoms with Crippen molar-refractivity contribution in [1.82, 2.24) is 14.5 Å². The van der Waals surface area contributed by atoms with Gasteiger partial charge in [0, 0.05) is 49.8 Å². The van der Waals surface area contributed by atoms with Gasteiger partial charge in [-0.2, -0.15) is 0 Å². The van der Waals surface area contributed by atoms with Crippen LogP contribution < -0.4 is 5.32 Å². The van der Waals surface area contributed by atoms with Crippen LogP contribution in [0.1, 0.15) is 25.8 Å². The minimum Gasteiger partial charge on any atom is -0.381 e. The Morgan fingerprint density at radius 2 is 2.29 bits per heavy atom. The largest absolute Gasteiger partial charge is 0.381 e. The lowest BCUT2D eigenvalue weighted by atomic mass is 10.1. The Hall–Kier alpha value is -1.81. The van der Waals surface area contributed by atoms with E-state index in [1.54, 1.807) is 0 Å². The average Bonchev–Trinajstić information content (AvgIpc) is 3.11. The first kappa shape index (κ1) is 14.1. The molecule has 4 nitrogen and oxygen atoms in total. The number of anilines is 1. The van der Waals surface area contributed by atoms with E-state index in [1.807, 2.05) is 18.7 Å². The van der Waals surface area contributed by atoms with Gasteiger partial charge in [0.1, 0.15) is 0 Å². The minimum absolute atomic E-state index is 0.566. The van der Waals surface area contributed by atoms with Gasteiger partial charge in [-0.25, -0.2) is 4.98 Å². The number of hydrogen-bond acceptors (Lipinski definition) is 3. The van der Waals surface area contributed by atoms with E-state index in [4.69, 9.17) is 0 Å². The summed E-state index contributed by atoms with van der Waals surface area (Å²) in [7, 11) is 0. The van der Waals surface area contributed by atoms with Crippen molar-refractivity contribution in [3.8, 4) is 0 Å². The molecule has 0 radical (unpaired) electrons. The molecule has 0 bridgehead atoms. The highest BCUT2D eigenvalue weighted by Gasteiger charge is 2.23. The molecular weight excluding hydrogens is 260 g/mol. The molecule has 1 fully saturated rings. The predicted octanol–water partition coefficient (Wildman–Crippen LogP) is 2.83. The Kier molecular flexibility index (Phi) is 4.25. The van der Waals surface area contributed by atoms with Crippen LogP contribution in [-0.2, 0) is 6.54 Å². The third kappa shape index (κ3) is 3.64. The van der Waals surface area contributed by atoms with Gasteiger partial charge in [-0.3, -0.25) is 4.90 Å². The number of benzene rings is 1. The highest BCUT2D eigenvalue weighted by Crippen LogP contribution is 2.19. The van der Waals surface area contributed by atoms with Crippen LogP contribution in [0.3, 0.4) is 0 Å². The maximum absolute atomic E-state index is 4.09. The van der Waals surface area contributed by atoms with Crippen LogP contribution in [0, 0.1) is 0 Å². The topological polar surface area (TPSA) is 33.1 Å². The fraction of sp³-hybridized carbons (Fsp3) is 0.471. The third-order valence-corrected chi connectivity index (χ3v) is 4.17. The molecule has 2 heterocycles. The zero-order valence-corrected chi connectivity index (χ0v) is 12.9. The lowest BCUT2D eigenvalue weighted by molar-refractivity contribution is 0.274. The van der Waals surface area contributed by atoms with Gasteiger partial charge in [0.2, 0.25) is 0 Å². The molecule has 1 unspecified atom stereocenters. The van der Waals surface area contributed by atoms with Gasteiger partial charge in [-0.1, -0.05) is 12.1 Å². The molecule has 1 aromatic heterocycles. The van der Waals surface area contributed by atoms with Crippen LogP contribution in [0.15, 0.2) is 43.0 Å². The summed E-state index contributed by atoms with van der Waals surface area (Å²) in [6.45, 7) is 7.76. The summed E-state index contributed by atoms with van der Waals surface area (Å²) in [5, 5.41) is 3.68. The molecule has 0 saturated carbocycles. The Bertz CT molecular complexity index is 562. The molecule has 0 spiro atoms. The van der Waals surface area contributed by atoms with Crippen molar-refractivity contribution in [1.29, 1.82) is 0 Å². The van der Waals surface area contributed by atoms with Crippen LogP contribution in [0.4, 0.5) is 5.69 Å². The van der Waals surface area contributed by atoms with Gasteiger partial charge in [-0.05, 0) is 38.0 Å². The lowest BCUT2D eigenvalue weighted by Crippen LogP contribution is -2.31. The summed E-state index contributed by atoms with van der Waals surface area (Å²) in [5.41, 5.74) is 2.53. The lowest BCUT2D eigenvalue weighted by Gasteiger charge is -2.21. The van der Waals surface area contributed by atoms with E-state index in [9.17, 15) is 0 Å². The predicted molar refractivity (Wildman–Crippen MR) is 86.5 cm³/mol. The summed E-state index contributed by atoms with van der Waals surface area (Å²) in [6.07, 6.45) is 6.90. The monoisotopic (exact) mass is 284 g/mol. The van der Waals surface area contributed by atoms with E-state index in [0.29, 0.717) is 12.1 Å². The molecule has 4 heteroatoms. The summed E-state index contributed by atoms with van der Waals surface area (Å²) >= 11 is 0. The summed E-state index contributed by atoms with van der Waals surface area (Å²) < 4.78 is 2.09. The zero-order valence-electron chi connectivity index (χ0n) is 12.9. The van der Waals surface area contributed by atoms with Gasteiger partial charge >= 0.3 is 0 Å². The molecule has 2 aromatic rings. The summed E-state index contributed by atoms with van der Waals surface area (Å²) in [6, 6.07) is 9.91. The average molecular weight is 284 g/mol. The maximum Gasteiger partial charge on any atom is 0.0949 e. The minimum atomic E-state index is 0.566. The number of aromatic nitrogens is 2. The van der Waals surface area contributed by atoms with E-state index in [1.165, 1.54) is 24.2 Å². The molecule has 1 aliphatic rings. The van der Waals surface area contributed by atoms with E-state index in [-0.39, 0.29) is 0 Å². The van der Waals surface area contributed by atoms with Crippen LogP contribution in [-0.4, -0.2) is 39.6 Å². The van der Waals surface area contributed by atoms with E-state index in [0.717, 1.165) is 13.1 Å². The molecule has 1 aromatic carbocycles. The Labute approximate surface area is 126 Å². The van der Waals surface area contributed by atoms with E-state index in [2.05, 4.69) is 57.9 Å². The van der Waals surface area contributed by atoms with Crippen LogP contribution >= 0.6 is 0 Å². The van der Waals surface area contributed by atoms with E-state index < -0.39 is 0 Å². The SMILES string of the molecule is CC(C)N1CCC(Nc2cccc(Cn3ccnc3)c2)C1. The number of nitrogens with one attached hydrogen (secondary N) is 1. The summed E-state index contributed by atoms with van der Waals surface area (Å²) in [4.78, 5) is 6.63. The van der Waals surface area contributed by atoms with Crippen molar-refractivity contribution in [3.63, 3.8) is 0 Å². The van der Waals surface area contributed by atoms with Gasteiger partial charge in [0.15, 0.2) is 0 Å². The second kappa shape index (κ2) is 6.31. The summed E-state index contributed by atoms with van der Waals surface area (Å²) in [5.74, 6) is 0. The first-order valence-corrected chi connectivity index (χ1v) is 7.76. The molecule has 0 amide bonds. The van der Waals surface area contributed by atoms with Gasteiger partial charge < -0.3 is 9.88 Å². The highest BCUT2D eigenvalue weighted by atomic mass is 15.2. The van der Waals surface area contributed by atoms with Crippen LogP contribution in [0.5, 0.6) is 0 Å². The smallest absolute Gasteiger partial charge is 0.0949 e. The van der Waals surface area contributed by atoms with E-state index >= 15 is 0 Å². The third-order valence-electron chi connectivity index (χ3n) is 4.17. The Morgan fingerprint density at radius 1 is 1.38 bits per heavy atom. The van der Waals surface area contributed by atoms with Gasteiger partial charge in [0.05, 0.1) is 6.33 Å². The zero-order chi connectivity index (χ0) is 14.7. The second-order valence-corrected chi connectivity index (χ2v) is 6.15. The number of rotatable bonds is 5. The van der Waals surface area contributed by atoms with Crippen molar-refractivity contribution in [2.45, 2.75) is 38.9 Å². The molecule has 0 aliphatic carbocycles. The molecule has 112 valence electrons. The van der Waals surface area contributed by atoms with Crippen molar-refractivity contribution in [3.05, 3.63) is 48.5 Å². The first-order chi connectivity index (χ1) is 10.2. The fourth-order valence-corrected chi connectivity index (χ4v) is 2.96.